The van der Waals surface area contributed by atoms with E-state index in [9.17, 15) is 4.79 Å². The maximum Gasteiger partial charge on any atom is 0.261 e. The van der Waals surface area contributed by atoms with Crippen molar-refractivity contribution in [3.63, 3.8) is 0 Å². The van der Waals surface area contributed by atoms with E-state index in [1.807, 2.05) is 17.6 Å². The van der Waals surface area contributed by atoms with E-state index in [1.165, 1.54) is 0 Å². The van der Waals surface area contributed by atoms with Crippen molar-refractivity contribution >= 4 is 22.5 Å². The number of aromatic nitrogens is 2. The molecule has 0 unspecified atom stereocenters. The highest BCUT2D eigenvalue weighted by Gasteiger charge is 2.38. The van der Waals surface area contributed by atoms with E-state index in [4.69, 9.17) is 27.1 Å². The van der Waals surface area contributed by atoms with Gasteiger partial charge in [-0.25, -0.2) is 4.98 Å². The molecule has 2 aromatic rings. The average Bonchev–Trinajstić information content (AvgIpc) is 3.40. The third-order valence-corrected chi connectivity index (χ3v) is 5.76. The third-order valence-electron chi connectivity index (χ3n) is 5.54. The lowest BCUT2D eigenvalue weighted by Crippen LogP contribution is -2.38. The summed E-state index contributed by atoms with van der Waals surface area (Å²) < 4.78 is 7.47. The topological polar surface area (TPSA) is 70.1 Å². The van der Waals surface area contributed by atoms with E-state index in [0.717, 1.165) is 37.1 Å². The molecule has 2 aliphatic rings. The molecule has 0 amide bonds. The van der Waals surface area contributed by atoms with E-state index in [2.05, 4.69) is 6.92 Å². The van der Waals surface area contributed by atoms with Gasteiger partial charge in [0, 0.05) is 35.7 Å². The van der Waals surface area contributed by atoms with Gasteiger partial charge in [-0.05, 0) is 50.3 Å². The molecule has 0 bridgehead atoms. The number of nitrogens with zero attached hydrogens (tertiary/aromatic N) is 2. The van der Waals surface area contributed by atoms with Crippen molar-refractivity contribution in [3.8, 4) is 0 Å². The maximum atomic E-state index is 13.3. The first-order valence-corrected chi connectivity index (χ1v) is 9.38. The predicted octanol–water partition coefficient (Wildman–Crippen LogP) is 3.47. The SMILES string of the molecule is C[C@@H](N)c1cc(Cl)cc2c(=O)n(C3CC3)c(C3(C)CCOCC3)nc12. The summed E-state index contributed by atoms with van der Waals surface area (Å²) in [5.74, 6) is 0.889. The van der Waals surface area contributed by atoms with Gasteiger partial charge in [0.1, 0.15) is 5.82 Å². The molecule has 5 nitrogen and oxygen atoms in total. The van der Waals surface area contributed by atoms with Crippen LogP contribution in [0.2, 0.25) is 5.02 Å². The maximum absolute atomic E-state index is 13.3. The first-order chi connectivity index (χ1) is 11.9. The van der Waals surface area contributed by atoms with E-state index >= 15 is 0 Å². The van der Waals surface area contributed by atoms with Crippen LogP contribution in [-0.2, 0) is 10.2 Å². The van der Waals surface area contributed by atoms with Gasteiger partial charge in [0.2, 0.25) is 0 Å². The van der Waals surface area contributed by atoms with E-state index < -0.39 is 0 Å². The Morgan fingerprint density at radius 1 is 1.36 bits per heavy atom. The molecule has 4 rings (SSSR count). The Labute approximate surface area is 152 Å². The minimum Gasteiger partial charge on any atom is -0.381 e. The molecule has 6 heteroatoms. The lowest BCUT2D eigenvalue weighted by molar-refractivity contribution is 0.0519. The van der Waals surface area contributed by atoms with Gasteiger partial charge < -0.3 is 10.5 Å². The summed E-state index contributed by atoms with van der Waals surface area (Å²) in [5.41, 5.74) is 7.54. The summed E-state index contributed by atoms with van der Waals surface area (Å²) >= 11 is 6.26. The smallest absolute Gasteiger partial charge is 0.261 e. The molecule has 25 heavy (non-hydrogen) atoms. The fourth-order valence-corrected chi connectivity index (χ4v) is 4.01. The number of hydrogen-bond donors (Lipinski definition) is 1. The molecule has 1 aromatic carbocycles. The zero-order valence-corrected chi connectivity index (χ0v) is 15.5. The van der Waals surface area contributed by atoms with Gasteiger partial charge >= 0.3 is 0 Å². The van der Waals surface area contributed by atoms with Gasteiger partial charge in [0.15, 0.2) is 0 Å². The summed E-state index contributed by atoms with van der Waals surface area (Å²) in [4.78, 5) is 18.4. The number of fused-ring (bicyclic) bond motifs is 1. The van der Waals surface area contributed by atoms with Gasteiger partial charge in [0.05, 0.1) is 10.9 Å². The lowest BCUT2D eigenvalue weighted by atomic mass is 9.81. The van der Waals surface area contributed by atoms with Crippen LogP contribution in [0.25, 0.3) is 10.9 Å². The Kier molecular flexibility index (Phi) is 4.13. The predicted molar refractivity (Wildman–Crippen MR) is 99.3 cm³/mol. The summed E-state index contributed by atoms with van der Waals surface area (Å²) in [6, 6.07) is 3.59. The molecule has 134 valence electrons. The summed E-state index contributed by atoms with van der Waals surface area (Å²) in [6.07, 6.45) is 3.82. The van der Waals surface area contributed by atoms with Crippen molar-refractivity contribution in [1.82, 2.24) is 9.55 Å². The van der Waals surface area contributed by atoms with Crippen molar-refractivity contribution in [1.29, 1.82) is 0 Å². The van der Waals surface area contributed by atoms with Crippen molar-refractivity contribution in [3.05, 3.63) is 38.9 Å². The molecule has 2 fully saturated rings. The molecule has 1 atom stereocenters. The highest BCUT2D eigenvalue weighted by atomic mass is 35.5. The normalized spacial score (nSPS) is 21.4. The quantitative estimate of drug-likeness (QED) is 0.908. The van der Waals surface area contributed by atoms with Gasteiger partial charge in [0.25, 0.3) is 5.56 Å². The van der Waals surface area contributed by atoms with Crippen LogP contribution >= 0.6 is 11.6 Å². The standard InChI is InChI=1S/C19H24ClN3O2/c1-11(21)14-9-12(20)10-15-16(14)22-18(19(2)5-7-25-8-6-19)23(17(15)24)13-3-4-13/h9-11,13H,3-8,21H2,1-2H3/t11-/m1/s1. The zero-order chi connectivity index (χ0) is 17.8. The van der Waals surface area contributed by atoms with Gasteiger partial charge in [-0.1, -0.05) is 18.5 Å². The molecule has 1 aliphatic heterocycles. The summed E-state index contributed by atoms with van der Waals surface area (Å²) in [5, 5.41) is 1.11. The molecular weight excluding hydrogens is 338 g/mol. The number of ether oxygens (including phenoxy) is 1. The highest BCUT2D eigenvalue weighted by molar-refractivity contribution is 6.31. The Hall–Kier alpha value is -1.43. The fourth-order valence-electron chi connectivity index (χ4n) is 3.78. The molecule has 1 saturated carbocycles. The molecule has 0 radical (unpaired) electrons. The molecule has 1 aliphatic carbocycles. The van der Waals surface area contributed by atoms with Crippen LogP contribution in [0.1, 0.15) is 63.0 Å². The van der Waals surface area contributed by atoms with Gasteiger partial charge in [-0.15, -0.1) is 0 Å². The largest absolute Gasteiger partial charge is 0.381 e. The zero-order valence-electron chi connectivity index (χ0n) is 14.7. The molecule has 1 saturated heterocycles. The van der Waals surface area contributed by atoms with Crippen LogP contribution in [-0.4, -0.2) is 22.8 Å². The Morgan fingerprint density at radius 2 is 2.04 bits per heavy atom. The number of nitrogens with two attached hydrogens (primary N) is 1. The van der Waals surface area contributed by atoms with Crippen LogP contribution in [0.3, 0.4) is 0 Å². The van der Waals surface area contributed by atoms with Crippen LogP contribution in [0.5, 0.6) is 0 Å². The summed E-state index contributed by atoms with van der Waals surface area (Å²) in [6.45, 7) is 5.50. The Morgan fingerprint density at radius 3 is 2.64 bits per heavy atom. The second-order valence-electron chi connectivity index (χ2n) is 7.69. The van der Waals surface area contributed by atoms with E-state index in [1.54, 1.807) is 6.07 Å². The number of hydrogen-bond acceptors (Lipinski definition) is 4. The number of benzene rings is 1. The lowest BCUT2D eigenvalue weighted by Gasteiger charge is -2.35. The molecule has 2 heterocycles. The minimum atomic E-state index is -0.236. The van der Waals surface area contributed by atoms with Gasteiger partial charge in [-0.3, -0.25) is 9.36 Å². The molecule has 2 N–H and O–H groups in total. The second kappa shape index (κ2) is 6.08. The van der Waals surface area contributed by atoms with Crippen molar-refractivity contribution in [2.24, 2.45) is 5.73 Å². The van der Waals surface area contributed by atoms with Gasteiger partial charge in [-0.2, -0.15) is 0 Å². The van der Waals surface area contributed by atoms with Crippen LogP contribution in [0.4, 0.5) is 0 Å². The average molecular weight is 362 g/mol. The van der Waals surface area contributed by atoms with E-state index in [-0.39, 0.29) is 23.1 Å². The summed E-state index contributed by atoms with van der Waals surface area (Å²) in [7, 11) is 0. The Bertz CT molecular complexity index is 880. The van der Waals surface area contributed by atoms with E-state index in [0.29, 0.717) is 29.1 Å². The monoisotopic (exact) mass is 361 g/mol. The highest BCUT2D eigenvalue weighted by Crippen LogP contribution is 2.41. The first kappa shape index (κ1) is 17.0. The van der Waals surface area contributed by atoms with Crippen molar-refractivity contribution in [2.45, 2.75) is 57.0 Å². The fraction of sp³-hybridized carbons (Fsp3) is 0.579. The Balaban J connectivity index is 2.04. The number of halogens is 1. The van der Waals surface area contributed by atoms with Crippen LogP contribution in [0.15, 0.2) is 16.9 Å². The van der Waals surface area contributed by atoms with Crippen molar-refractivity contribution in [2.75, 3.05) is 13.2 Å². The van der Waals surface area contributed by atoms with Crippen molar-refractivity contribution < 1.29 is 4.74 Å². The molecular formula is C19H24ClN3O2. The first-order valence-electron chi connectivity index (χ1n) is 9.00. The minimum absolute atomic E-state index is 0.0135. The number of rotatable bonds is 3. The van der Waals surface area contributed by atoms with Crippen LogP contribution in [0, 0.1) is 0 Å². The second-order valence-corrected chi connectivity index (χ2v) is 8.13. The molecule has 1 aromatic heterocycles. The third kappa shape index (κ3) is 2.88. The molecule has 0 spiro atoms. The van der Waals surface area contributed by atoms with Crippen LogP contribution < -0.4 is 11.3 Å².